The highest BCUT2D eigenvalue weighted by Crippen LogP contribution is 2.46. The Labute approximate surface area is 61.0 Å². The monoisotopic (exact) mass is 149 g/mol. The van der Waals surface area contributed by atoms with Crippen molar-refractivity contribution in [3.8, 4) is 0 Å². The molecule has 1 aliphatic heterocycles. The number of halogens is 1. The Morgan fingerprint density at radius 3 is 2.78 bits per heavy atom. The molecule has 2 N–H and O–H groups in total. The van der Waals surface area contributed by atoms with Gasteiger partial charge in [-0.3, -0.25) is 0 Å². The van der Waals surface area contributed by atoms with E-state index in [0.29, 0.717) is 5.92 Å². The first-order chi connectivity index (χ1) is 3.81. The van der Waals surface area contributed by atoms with Gasteiger partial charge < -0.3 is 10.4 Å². The molecule has 1 heterocycles. The lowest BCUT2D eigenvalue weighted by molar-refractivity contribution is 0.108. The summed E-state index contributed by atoms with van der Waals surface area (Å²) in [7, 11) is 0. The van der Waals surface area contributed by atoms with E-state index in [1.54, 1.807) is 0 Å². The van der Waals surface area contributed by atoms with E-state index in [1.807, 2.05) is 0 Å². The van der Waals surface area contributed by atoms with Crippen molar-refractivity contribution in [2.24, 2.45) is 5.92 Å². The van der Waals surface area contributed by atoms with Gasteiger partial charge in [0.25, 0.3) is 0 Å². The Balaban J connectivity index is 0.000000405. The molecular formula is C6H12ClNO. The van der Waals surface area contributed by atoms with Crippen LogP contribution in [0.3, 0.4) is 0 Å². The first-order valence-corrected chi connectivity index (χ1v) is 3.24. The van der Waals surface area contributed by atoms with Crippen molar-refractivity contribution in [3.63, 3.8) is 0 Å². The largest absolute Gasteiger partial charge is 0.389 e. The fourth-order valence-corrected chi connectivity index (χ4v) is 1.52. The van der Waals surface area contributed by atoms with Crippen molar-refractivity contribution in [1.29, 1.82) is 0 Å². The van der Waals surface area contributed by atoms with E-state index in [4.69, 9.17) is 0 Å². The first kappa shape index (κ1) is 7.32. The van der Waals surface area contributed by atoms with E-state index < -0.39 is 0 Å². The standard InChI is InChI=1S/C6H11NO.ClH/c8-6-1-2-7-4-5(6)3-6;/h5,7-8H,1-4H2;1H/t5-,6+;/m1./s1. The third-order valence-corrected chi connectivity index (χ3v) is 2.33. The minimum Gasteiger partial charge on any atom is -0.389 e. The van der Waals surface area contributed by atoms with Crippen LogP contribution in [0.1, 0.15) is 12.8 Å². The normalized spacial score (nSPS) is 47.0. The molecule has 0 bridgehead atoms. The lowest BCUT2D eigenvalue weighted by Gasteiger charge is -2.16. The number of hydrogen-bond donors (Lipinski definition) is 2. The molecule has 0 aromatic heterocycles. The highest BCUT2D eigenvalue weighted by molar-refractivity contribution is 5.85. The zero-order valence-corrected chi connectivity index (χ0v) is 6.08. The summed E-state index contributed by atoms with van der Waals surface area (Å²) >= 11 is 0. The van der Waals surface area contributed by atoms with Crippen molar-refractivity contribution in [3.05, 3.63) is 0 Å². The predicted molar refractivity (Wildman–Crippen MR) is 37.8 cm³/mol. The van der Waals surface area contributed by atoms with Crippen LogP contribution in [0.2, 0.25) is 0 Å². The van der Waals surface area contributed by atoms with Crippen molar-refractivity contribution in [2.45, 2.75) is 18.4 Å². The molecule has 2 aliphatic rings. The summed E-state index contributed by atoms with van der Waals surface area (Å²) in [4.78, 5) is 0. The quantitative estimate of drug-likeness (QED) is 0.514. The average molecular weight is 150 g/mol. The Morgan fingerprint density at radius 1 is 1.56 bits per heavy atom. The number of aliphatic hydroxyl groups is 1. The predicted octanol–water partition coefficient (Wildman–Crippen LogP) is 0.152. The van der Waals surface area contributed by atoms with Gasteiger partial charge in [-0.2, -0.15) is 0 Å². The Kier molecular flexibility index (Phi) is 1.72. The molecular weight excluding hydrogens is 138 g/mol. The van der Waals surface area contributed by atoms with Crippen molar-refractivity contribution in [1.82, 2.24) is 5.32 Å². The summed E-state index contributed by atoms with van der Waals surface area (Å²) in [5.74, 6) is 0.594. The van der Waals surface area contributed by atoms with E-state index in [-0.39, 0.29) is 18.0 Å². The molecule has 0 unspecified atom stereocenters. The molecule has 0 aromatic rings. The van der Waals surface area contributed by atoms with E-state index in [2.05, 4.69) is 5.32 Å². The van der Waals surface area contributed by atoms with Crippen LogP contribution in [0, 0.1) is 5.92 Å². The van der Waals surface area contributed by atoms with Gasteiger partial charge in [-0.25, -0.2) is 0 Å². The third-order valence-electron chi connectivity index (χ3n) is 2.33. The smallest absolute Gasteiger partial charge is 0.0705 e. The van der Waals surface area contributed by atoms with Gasteiger partial charge in [-0.1, -0.05) is 0 Å². The lowest BCUT2D eigenvalue weighted by atomic mass is 10.1. The van der Waals surface area contributed by atoms with Crippen molar-refractivity contribution >= 4 is 12.4 Å². The molecule has 2 rings (SSSR count). The summed E-state index contributed by atoms with van der Waals surface area (Å²) in [6, 6.07) is 0. The van der Waals surface area contributed by atoms with Gasteiger partial charge in [-0.05, 0) is 19.4 Å². The number of fused-ring (bicyclic) bond motifs is 1. The second kappa shape index (κ2) is 2.11. The summed E-state index contributed by atoms with van der Waals surface area (Å²) in [6.45, 7) is 2.05. The summed E-state index contributed by atoms with van der Waals surface area (Å²) < 4.78 is 0. The number of rotatable bonds is 0. The summed E-state index contributed by atoms with van der Waals surface area (Å²) in [5, 5.41) is 12.6. The molecule has 1 aliphatic carbocycles. The highest BCUT2D eigenvalue weighted by atomic mass is 35.5. The zero-order valence-electron chi connectivity index (χ0n) is 5.26. The van der Waals surface area contributed by atoms with Crippen LogP contribution in [-0.2, 0) is 0 Å². The average Bonchev–Trinajstić information content (AvgIpc) is 2.39. The van der Waals surface area contributed by atoms with Crippen molar-refractivity contribution in [2.75, 3.05) is 13.1 Å². The zero-order chi connectivity index (χ0) is 5.61. The molecule has 0 radical (unpaired) electrons. The van der Waals surface area contributed by atoms with Gasteiger partial charge in [0.15, 0.2) is 0 Å². The van der Waals surface area contributed by atoms with Gasteiger partial charge in [0.1, 0.15) is 0 Å². The molecule has 2 fully saturated rings. The van der Waals surface area contributed by atoms with Crippen LogP contribution in [0.25, 0.3) is 0 Å². The van der Waals surface area contributed by atoms with Crippen LogP contribution in [-0.4, -0.2) is 23.8 Å². The maximum Gasteiger partial charge on any atom is 0.0705 e. The fourth-order valence-electron chi connectivity index (χ4n) is 1.52. The van der Waals surface area contributed by atoms with E-state index in [1.165, 1.54) is 0 Å². The molecule has 0 aromatic carbocycles. The van der Waals surface area contributed by atoms with Crippen LogP contribution >= 0.6 is 12.4 Å². The highest BCUT2D eigenvalue weighted by Gasteiger charge is 2.53. The fraction of sp³-hybridized carbons (Fsp3) is 1.00. The summed E-state index contributed by atoms with van der Waals surface area (Å²) in [6.07, 6.45) is 2.01. The lowest BCUT2D eigenvalue weighted by Crippen LogP contribution is -2.32. The minimum absolute atomic E-state index is 0. The van der Waals surface area contributed by atoms with E-state index in [9.17, 15) is 5.11 Å². The van der Waals surface area contributed by atoms with Crippen LogP contribution < -0.4 is 5.32 Å². The van der Waals surface area contributed by atoms with Gasteiger partial charge in [-0.15, -0.1) is 12.4 Å². The molecule has 1 saturated heterocycles. The Hall–Kier alpha value is 0.210. The maximum atomic E-state index is 9.41. The topological polar surface area (TPSA) is 32.3 Å². The number of piperidine rings is 1. The van der Waals surface area contributed by atoms with Crippen LogP contribution in [0.15, 0.2) is 0 Å². The number of nitrogens with one attached hydrogen (secondary N) is 1. The Morgan fingerprint density at radius 2 is 2.33 bits per heavy atom. The van der Waals surface area contributed by atoms with Crippen LogP contribution in [0.5, 0.6) is 0 Å². The molecule has 0 amide bonds. The maximum absolute atomic E-state index is 9.41. The van der Waals surface area contributed by atoms with Gasteiger partial charge in [0, 0.05) is 12.5 Å². The molecule has 2 nitrogen and oxygen atoms in total. The van der Waals surface area contributed by atoms with Gasteiger partial charge in [0.2, 0.25) is 0 Å². The second-order valence-electron chi connectivity index (χ2n) is 2.96. The minimum atomic E-state index is -0.217. The van der Waals surface area contributed by atoms with E-state index >= 15 is 0 Å². The van der Waals surface area contributed by atoms with Gasteiger partial charge >= 0.3 is 0 Å². The van der Waals surface area contributed by atoms with Gasteiger partial charge in [0.05, 0.1) is 5.60 Å². The third kappa shape index (κ3) is 1.07. The molecule has 3 heteroatoms. The summed E-state index contributed by atoms with van der Waals surface area (Å²) in [5.41, 5.74) is -0.217. The molecule has 0 spiro atoms. The molecule has 2 atom stereocenters. The second-order valence-corrected chi connectivity index (χ2v) is 2.96. The first-order valence-electron chi connectivity index (χ1n) is 3.24. The number of hydrogen-bond acceptors (Lipinski definition) is 2. The van der Waals surface area contributed by atoms with Crippen molar-refractivity contribution < 1.29 is 5.11 Å². The van der Waals surface area contributed by atoms with Crippen LogP contribution in [0.4, 0.5) is 0 Å². The SMILES string of the molecule is Cl.O[C@]12CCNC[C@H]1C2. The Bertz CT molecular complexity index is 118. The van der Waals surface area contributed by atoms with E-state index in [0.717, 1.165) is 25.9 Å². The molecule has 54 valence electrons. The molecule has 9 heavy (non-hydrogen) atoms. The molecule has 1 saturated carbocycles.